The number of hydrogen-bond donors (Lipinski definition) is 1. The third kappa shape index (κ3) is 2.99. The first kappa shape index (κ1) is 16.1. The van der Waals surface area contributed by atoms with E-state index in [0.29, 0.717) is 23.5 Å². The normalized spacial score (nSPS) is 11.0. The molecule has 2 aromatic heterocycles. The van der Waals surface area contributed by atoms with E-state index in [2.05, 4.69) is 10.3 Å². The van der Waals surface area contributed by atoms with E-state index in [9.17, 15) is 13.6 Å². The summed E-state index contributed by atoms with van der Waals surface area (Å²) in [5.41, 5.74) is 2.41. The first-order valence-corrected chi connectivity index (χ1v) is 7.73. The lowest BCUT2D eigenvalue weighted by Gasteiger charge is -2.08. The molecule has 0 atom stereocenters. The van der Waals surface area contributed by atoms with E-state index < -0.39 is 17.5 Å². The molecule has 4 nitrogen and oxygen atoms in total. The summed E-state index contributed by atoms with van der Waals surface area (Å²) >= 11 is 0. The zero-order valence-electron chi connectivity index (χ0n) is 13.4. The Hall–Kier alpha value is -2.76. The molecule has 3 aromatic rings. The van der Waals surface area contributed by atoms with E-state index in [4.69, 9.17) is 0 Å². The summed E-state index contributed by atoms with van der Waals surface area (Å²) in [5, 5.41) is 2.45. The lowest BCUT2D eigenvalue weighted by Crippen LogP contribution is -2.17. The summed E-state index contributed by atoms with van der Waals surface area (Å²) in [6.45, 7) is 3.90. The van der Waals surface area contributed by atoms with Crippen LogP contribution in [0, 0.1) is 18.6 Å². The molecule has 1 aromatic carbocycles. The number of aromatic nitrogens is 2. The minimum Gasteiger partial charge on any atom is -0.318 e. The highest BCUT2D eigenvalue weighted by Crippen LogP contribution is 2.20. The van der Waals surface area contributed by atoms with E-state index >= 15 is 0 Å². The second kappa shape index (κ2) is 6.39. The van der Waals surface area contributed by atoms with Crippen LogP contribution in [0.2, 0.25) is 0 Å². The fourth-order valence-corrected chi connectivity index (χ4v) is 2.63. The quantitative estimate of drug-likeness (QED) is 0.782. The minimum atomic E-state index is -0.688. The van der Waals surface area contributed by atoms with E-state index in [-0.39, 0.29) is 5.69 Å². The summed E-state index contributed by atoms with van der Waals surface area (Å²) in [6, 6.07) is 6.68. The van der Waals surface area contributed by atoms with Crippen LogP contribution in [0.1, 0.15) is 35.1 Å². The zero-order chi connectivity index (χ0) is 17.3. The third-order valence-electron chi connectivity index (χ3n) is 3.72. The van der Waals surface area contributed by atoms with Gasteiger partial charge in [-0.15, -0.1) is 0 Å². The Labute approximate surface area is 138 Å². The number of amides is 1. The number of rotatable bonds is 4. The Kier molecular flexibility index (Phi) is 4.29. The van der Waals surface area contributed by atoms with Gasteiger partial charge in [-0.05, 0) is 37.1 Å². The van der Waals surface area contributed by atoms with Crippen molar-refractivity contribution in [3.8, 4) is 0 Å². The molecule has 0 fully saturated rings. The van der Waals surface area contributed by atoms with Crippen LogP contribution in [0.25, 0.3) is 5.65 Å². The van der Waals surface area contributed by atoms with Crippen molar-refractivity contribution in [2.45, 2.75) is 26.7 Å². The molecule has 1 N–H and O–H groups in total. The largest absolute Gasteiger partial charge is 0.318 e. The van der Waals surface area contributed by atoms with Gasteiger partial charge >= 0.3 is 0 Å². The Morgan fingerprint density at radius 3 is 2.79 bits per heavy atom. The summed E-state index contributed by atoms with van der Waals surface area (Å²) in [7, 11) is 0. The molecule has 124 valence electrons. The van der Waals surface area contributed by atoms with Gasteiger partial charge in [-0.3, -0.25) is 9.20 Å². The SMILES string of the molecule is CCCc1nc2ccc(C)cn2c1C(=O)Nc1cc(F)ccc1F. The van der Waals surface area contributed by atoms with Crippen LogP contribution in [-0.2, 0) is 6.42 Å². The highest BCUT2D eigenvalue weighted by molar-refractivity contribution is 6.04. The zero-order valence-corrected chi connectivity index (χ0v) is 13.4. The van der Waals surface area contributed by atoms with Crippen LogP contribution >= 0.6 is 0 Å². The Morgan fingerprint density at radius 2 is 2.04 bits per heavy atom. The number of fused-ring (bicyclic) bond motifs is 1. The predicted molar refractivity (Wildman–Crippen MR) is 88.2 cm³/mol. The number of benzene rings is 1. The van der Waals surface area contributed by atoms with Crippen LogP contribution in [0.4, 0.5) is 14.5 Å². The average molecular weight is 329 g/mol. The molecule has 6 heteroatoms. The van der Waals surface area contributed by atoms with Gasteiger partial charge in [0.2, 0.25) is 0 Å². The number of nitrogens with one attached hydrogen (secondary N) is 1. The molecule has 0 bridgehead atoms. The molecule has 0 saturated heterocycles. The molecule has 3 rings (SSSR count). The first-order valence-electron chi connectivity index (χ1n) is 7.73. The van der Waals surface area contributed by atoms with Gasteiger partial charge in [0.25, 0.3) is 5.91 Å². The van der Waals surface area contributed by atoms with E-state index in [1.165, 1.54) is 0 Å². The van der Waals surface area contributed by atoms with Crippen molar-refractivity contribution < 1.29 is 13.6 Å². The number of carbonyl (C=O) groups is 1. The van der Waals surface area contributed by atoms with Gasteiger partial charge in [0, 0.05) is 12.3 Å². The Bertz CT molecular complexity index is 918. The fraction of sp³-hybridized carbons (Fsp3) is 0.222. The second-order valence-electron chi connectivity index (χ2n) is 5.67. The van der Waals surface area contributed by atoms with Crippen LogP contribution < -0.4 is 5.32 Å². The van der Waals surface area contributed by atoms with Crippen molar-refractivity contribution in [2.75, 3.05) is 5.32 Å². The molecule has 2 heterocycles. The third-order valence-corrected chi connectivity index (χ3v) is 3.72. The average Bonchev–Trinajstić information content (AvgIpc) is 2.88. The van der Waals surface area contributed by atoms with Crippen molar-refractivity contribution >= 4 is 17.2 Å². The van der Waals surface area contributed by atoms with Crippen molar-refractivity contribution in [3.05, 3.63) is 65.1 Å². The number of nitrogens with zero attached hydrogens (tertiary/aromatic N) is 2. The molecule has 0 aliphatic heterocycles. The van der Waals surface area contributed by atoms with Crippen LogP contribution in [-0.4, -0.2) is 15.3 Å². The summed E-state index contributed by atoms with van der Waals surface area (Å²) in [6.07, 6.45) is 3.24. The maximum atomic E-state index is 13.8. The number of aryl methyl sites for hydroxylation is 2. The number of carbonyl (C=O) groups excluding carboxylic acids is 1. The van der Waals surface area contributed by atoms with E-state index in [0.717, 1.165) is 30.2 Å². The Balaban J connectivity index is 2.06. The molecule has 0 saturated carbocycles. The number of imidazole rings is 1. The lowest BCUT2D eigenvalue weighted by molar-refractivity contribution is 0.102. The number of pyridine rings is 1. The number of hydrogen-bond acceptors (Lipinski definition) is 2. The van der Waals surface area contributed by atoms with E-state index in [1.54, 1.807) is 10.6 Å². The van der Waals surface area contributed by atoms with Gasteiger partial charge in [0.05, 0.1) is 11.4 Å². The highest BCUT2D eigenvalue weighted by atomic mass is 19.1. The summed E-state index contributed by atoms with van der Waals surface area (Å²) < 4.78 is 28.8. The molecule has 0 spiro atoms. The molecule has 0 unspecified atom stereocenters. The number of anilines is 1. The highest BCUT2D eigenvalue weighted by Gasteiger charge is 2.20. The minimum absolute atomic E-state index is 0.190. The van der Waals surface area contributed by atoms with Gasteiger partial charge in [-0.25, -0.2) is 13.8 Å². The lowest BCUT2D eigenvalue weighted by atomic mass is 10.2. The predicted octanol–water partition coefficient (Wildman–Crippen LogP) is 4.13. The van der Waals surface area contributed by atoms with Crippen LogP contribution in [0.5, 0.6) is 0 Å². The van der Waals surface area contributed by atoms with Gasteiger partial charge in [-0.1, -0.05) is 19.4 Å². The van der Waals surface area contributed by atoms with Crippen LogP contribution in [0.3, 0.4) is 0 Å². The maximum Gasteiger partial charge on any atom is 0.274 e. The molecular weight excluding hydrogens is 312 g/mol. The second-order valence-corrected chi connectivity index (χ2v) is 5.67. The summed E-state index contributed by atoms with van der Waals surface area (Å²) in [5.74, 6) is -1.82. The van der Waals surface area contributed by atoms with Gasteiger partial charge in [-0.2, -0.15) is 0 Å². The van der Waals surface area contributed by atoms with Crippen molar-refractivity contribution in [3.63, 3.8) is 0 Å². The Morgan fingerprint density at radius 1 is 1.25 bits per heavy atom. The van der Waals surface area contributed by atoms with Gasteiger partial charge in [0.15, 0.2) is 0 Å². The van der Waals surface area contributed by atoms with Gasteiger partial charge < -0.3 is 5.32 Å². The fourth-order valence-electron chi connectivity index (χ4n) is 2.63. The summed E-state index contributed by atoms with van der Waals surface area (Å²) in [4.78, 5) is 17.2. The standard InChI is InChI=1S/C18H17F2N3O/c1-3-4-14-17(23-10-11(2)5-8-16(23)21-14)18(24)22-15-9-12(19)6-7-13(15)20/h5-10H,3-4H2,1-2H3,(H,22,24). The van der Waals surface area contributed by atoms with Crippen molar-refractivity contribution in [1.82, 2.24) is 9.38 Å². The first-order chi connectivity index (χ1) is 11.5. The smallest absolute Gasteiger partial charge is 0.274 e. The van der Waals surface area contributed by atoms with Crippen molar-refractivity contribution in [1.29, 1.82) is 0 Å². The monoisotopic (exact) mass is 329 g/mol. The molecule has 24 heavy (non-hydrogen) atoms. The van der Waals surface area contributed by atoms with Crippen LogP contribution in [0.15, 0.2) is 36.5 Å². The van der Waals surface area contributed by atoms with Gasteiger partial charge in [0.1, 0.15) is 23.0 Å². The maximum absolute atomic E-state index is 13.8. The molecule has 0 aliphatic carbocycles. The molecular formula is C18H17F2N3O. The molecule has 0 aliphatic rings. The molecule has 0 radical (unpaired) electrons. The van der Waals surface area contributed by atoms with E-state index in [1.807, 2.05) is 26.0 Å². The number of halogens is 2. The van der Waals surface area contributed by atoms with Crippen molar-refractivity contribution in [2.24, 2.45) is 0 Å². The topological polar surface area (TPSA) is 46.4 Å². The molecule has 1 amide bonds.